The first-order valence-corrected chi connectivity index (χ1v) is 7.44. The number of hydrogen-bond acceptors (Lipinski definition) is 4. The van der Waals surface area contributed by atoms with E-state index in [0.29, 0.717) is 24.4 Å². The van der Waals surface area contributed by atoms with Crippen LogP contribution < -0.4 is 14.8 Å². The largest absolute Gasteiger partial charge is 0.497 e. The summed E-state index contributed by atoms with van der Waals surface area (Å²) >= 11 is 0. The van der Waals surface area contributed by atoms with Gasteiger partial charge in [-0.2, -0.15) is 0 Å². The van der Waals surface area contributed by atoms with Crippen molar-refractivity contribution in [3.8, 4) is 5.75 Å². The molecule has 0 saturated carbocycles. The Hall–Kier alpha value is -1.27. The van der Waals surface area contributed by atoms with Gasteiger partial charge in [0.05, 0.1) is 18.0 Å². The predicted molar refractivity (Wildman–Crippen MR) is 71.5 cm³/mol. The lowest BCUT2D eigenvalue weighted by atomic mass is 10.2. The first-order chi connectivity index (χ1) is 8.53. The Morgan fingerprint density at radius 2 is 2.22 bits per heavy atom. The summed E-state index contributed by atoms with van der Waals surface area (Å²) in [5.41, 5.74) is 1.46. The molecule has 18 heavy (non-hydrogen) atoms. The molecule has 2 rings (SSSR count). The number of hydrogen-bond donors (Lipinski definition) is 2. The highest BCUT2D eigenvalue weighted by atomic mass is 32.2. The highest BCUT2D eigenvalue weighted by Crippen LogP contribution is 2.24. The van der Waals surface area contributed by atoms with E-state index in [4.69, 9.17) is 4.74 Å². The second-order valence-electron chi connectivity index (χ2n) is 4.44. The predicted octanol–water partition coefficient (Wildman–Crippen LogP) is 1.11. The average Bonchev–Trinajstić information content (AvgIpc) is 2.86. The van der Waals surface area contributed by atoms with E-state index in [2.05, 4.69) is 10.0 Å². The molecule has 1 atom stereocenters. The molecule has 2 N–H and O–H groups in total. The van der Waals surface area contributed by atoms with Gasteiger partial charge in [-0.25, -0.2) is 8.42 Å². The van der Waals surface area contributed by atoms with E-state index >= 15 is 0 Å². The minimum absolute atomic E-state index is 0.358. The number of anilines is 1. The van der Waals surface area contributed by atoms with Crippen LogP contribution in [-0.4, -0.2) is 33.9 Å². The van der Waals surface area contributed by atoms with Crippen molar-refractivity contribution in [1.29, 1.82) is 0 Å². The molecule has 0 radical (unpaired) electrons. The molecule has 5 nitrogen and oxygen atoms in total. The summed E-state index contributed by atoms with van der Waals surface area (Å²) in [6.45, 7) is 3.13. The Morgan fingerprint density at radius 3 is 2.83 bits per heavy atom. The topological polar surface area (TPSA) is 67.4 Å². The molecule has 0 spiro atoms. The number of benzene rings is 1. The standard InChI is InChI=1S/C12H18N2O3S/c1-9-3-4-10(17-2)7-12(9)14-18(15,16)11-5-6-13-8-11/h3-4,7,11,13-14H,5-6,8H2,1-2H3. The monoisotopic (exact) mass is 270 g/mol. The van der Waals surface area contributed by atoms with Crippen LogP contribution in [0, 0.1) is 6.92 Å². The summed E-state index contributed by atoms with van der Waals surface area (Å²) in [6.07, 6.45) is 0.651. The van der Waals surface area contributed by atoms with Gasteiger partial charge in [-0.1, -0.05) is 6.07 Å². The minimum Gasteiger partial charge on any atom is -0.497 e. The number of rotatable bonds is 4. The summed E-state index contributed by atoms with van der Waals surface area (Å²) in [4.78, 5) is 0. The summed E-state index contributed by atoms with van der Waals surface area (Å²) < 4.78 is 32.1. The molecule has 1 fully saturated rings. The Kier molecular flexibility index (Phi) is 3.77. The van der Waals surface area contributed by atoms with Crippen molar-refractivity contribution < 1.29 is 13.2 Å². The lowest BCUT2D eigenvalue weighted by Crippen LogP contribution is -2.29. The highest BCUT2D eigenvalue weighted by Gasteiger charge is 2.28. The first kappa shape index (κ1) is 13.2. The van der Waals surface area contributed by atoms with E-state index in [-0.39, 0.29) is 5.25 Å². The van der Waals surface area contributed by atoms with Gasteiger partial charge in [0.2, 0.25) is 10.0 Å². The van der Waals surface area contributed by atoms with E-state index in [1.165, 1.54) is 0 Å². The zero-order valence-electron chi connectivity index (χ0n) is 10.6. The number of ether oxygens (including phenoxy) is 1. The van der Waals surface area contributed by atoms with Crippen LogP contribution in [0.5, 0.6) is 5.75 Å². The molecule has 0 amide bonds. The lowest BCUT2D eigenvalue weighted by Gasteiger charge is -2.15. The molecule has 1 aliphatic heterocycles. The van der Waals surface area contributed by atoms with Gasteiger partial charge in [0.15, 0.2) is 0 Å². The highest BCUT2D eigenvalue weighted by molar-refractivity contribution is 7.93. The van der Waals surface area contributed by atoms with Crippen molar-refractivity contribution in [2.24, 2.45) is 0 Å². The summed E-state index contributed by atoms with van der Waals surface area (Å²) in [5, 5.41) is 2.70. The van der Waals surface area contributed by atoms with Gasteiger partial charge in [-0.15, -0.1) is 0 Å². The van der Waals surface area contributed by atoms with E-state index in [1.807, 2.05) is 19.1 Å². The van der Waals surface area contributed by atoms with Crippen LogP contribution in [0.15, 0.2) is 18.2 Å². The lowest BCUT2D eigenvalue weighted by molar-refractivity contribution is 0.415. The summed E-state index contributed by atoms with van der Waals surface area (Å²) in [6, 6.07) is 5.35. The van der Waals surface area contributed by atoms with Crippen LogP contribution in [0.25, 0.3) is 0 Å². The van der Waals surface area contributed by atoms with Gasteiger partial charge in [0.1, 0.15) is 5.75 Å². The Bertz CT molecular complexity index is 522. The van der Waals surface area contributed by atoms with Crippen LogP contribution in [-0.2, 0) is 10.0 Å². The van der Waals surface area contributed by atoms with Gasteiger partial charge in [-0.05, 0) is 31.5 Å². The third kappa shape index (κ3) is 2.76. The number of nitrogens with one attached hydrogen (secondary N) is 2. The smallest absolute Gasteiger partial charge is 0.236 e. The zero-order valence-corrected chi connectivity index (χ0v) is 11.4. The fourth-order valence-electron chi connectivity index (χ4n) is 1.97. The second-order valence-corrected chi connectivity index (χ2v) is 6.40. The normalized spacial score (nSPS) is 19.8. The quantitative estimate of drug-likeness (QED) is 0.860. The molecule has 1 aromatic carbocycles. The summed E-state index contributed by atoms with van der Waals surface area (Å²) in [5.74, 6) is 0.642. The fourth-order valence-corrected chi connectivity index (χ4v) is 3.43. The van der Waals surface area contributed by atoms with Crippen molar-refractivity contribution >= 4 is 15.7 Å². The van der Waals surface area contributed by atoms with E-state index in [1.54, 1.807) is 13.2 Å². The molecule has 1 aliphatic rings. The SMILES string of the molecule is COc1ccc(C)c(NS(=O)(=O)C2CCNC2)c1. The first-order valence-electron chi connectivity index (χ1n) is 5.90. The molecule has 1 heterocycles. The molecular formula is C12H18N2O3S. The third-order valence-electron chi connectivity index (χ3n) is 3.15. The maximum absolute atomic E-state index is 12.2. The Labute approximate surface area is 108 Å². The van der Waals surface area contributed by atoms with Gasteiger partial charge < -0.3 is 10.1 Å². The average molecular weight is 270 g/mol. The maximum atomic E-state index is 12.2. The van der Waals surface area contributed by atoms with Crippen LogP contribution >= 0.6 is 0 Å². The van der Waals surface area contributed by atoms with Gasteiger partial charge in [-0.3, -0.25) is 4.72 Å². The van der Waals surface area contributed by atoms with Crippen molar-refractivity contribution in [2.45, 2.75) is 18.6 Å². The molecular weight excluding hydrogens is 252 g/mol. The van der Waals surface area contributed by atoms with Crippen molar-refractivity contribution in [1.82, 2.24) is 5.32 Å². The Balaban J connectivity index is 2.22. The number of methoxy groups -OCH3 is 1. The van der Waals surface area contributed by atoms with E-state index < -0.39 is 10.0 Å². The molecule has 0 bridgehead atoms. The molecule has 1 saturated heterocycles. The summed E-state index contributed by atoms with van der Waals surface area (Å²) in [7, 11) is -1.77. The maximum Gasteiger partial charge on any atom is 0.236 e. The number of aryl methyl sites for hydroxylation is 1. The fraction of sp³-hybridized carbons (Fsp3) is 0.500. The molecule has 6 heteroatoms. The van der Waals surface area contributed by atoms with Crippen LogP contribution in [0.4, 0.5) is 5.69 Å². The third-order valence-corrected chi connectivity index (χ3v) is 4.94. The molecule has 100 valence electrons. The molecule has 0 aliphatic carbocycles. The van der Waals surface area contributed by atoms with Crippen LogP contribution in [0.1, 0.15) is 12.0 Å². The van der Waals surface area contributed by atoms with Crippen molar-refractivity contribution in [3.05, 3.63) is 23.8 Å². The van der Waals surface area contributed by atoms with Crippen LogP contribution in [0.2, 0.25) is 0 Å². The number of sulfonamides is 1. The van der Waals surface area contributed by atoms with E-state index in [9.17, 15) is 8.42 Å². The minimum atomic E-state index is -3.33. The van der Waals surface area contributed by atoms with Gasteiger partial charge in [0.25, 0.3) is 0 Å². The Morgan fingerprint density at radius 1 is 1.44 bits per heavy atom. The van der Waals surface area contributed by atoms with Crippen molar-refractivity contribution in [3.63, 3.8) is 0 Å². The van der Waals surface area contributed by atoms with E-state index in [0.717, 1.165) is 12.1 Å². The second kappa shape index (κ2) is 5.16. The van der Waals surface area contributed by atoms with Crippen LogP contribution in [0.3, 0.4) is 0 Å². The van der Waals surface area contributed by atoms with Gasteiger partial charge in [0, 0.05) is 12.6 Å². The molecule has 1 unspecified atom stereocenters. The van der Waals surface area contributed by atoms with Gasteiger partial charge >= 0.3 is 0 Å². The van der Waals surface area contributed by atoms with Crippen molar-refractivity contribution in [2.75, 3.05) is 24.9 Å². The molecule has 1 aromatic rings. The zero-order chi connectivity index (χ0) is 13.2. The molecule has 0 aromatic heterocycles.